The van der Waals surface area contributed by atoms with Gasteiger partial charge in [-0.15, -0.1) is 0 Å². The number of carboxylic acids is 1. The minimum absolute atomic E-state index is 0.379. The fraction of sp³-hybridized carbons (Fsp3) is 0.0435. The van der Waals surface area contributed by atoms with Gasteiger partial charge in [0.25, 0.3) is 0 Å². The largest absolute Gasteiger partial charge is 0.737 e. The van der Waals surface area contributed by atoms with E-state index >= 15 is 8.63 Å². The van der Waals surface area contributed by atoms with Gasteiger partial charge >= 0.3 is 12.9 Å². The van der Waals surface area contributed by atoms with Crippen molar-refractivity contribution >= 4 is 36.9 Å². The molecular formula is C23H18BF2N3O3. The lowest BCUT2D eigenvalue weighted by Crippen LogP contribution is -2.50. The van der Waals surface area contributed by atoms with Gasteiger partial charge in [0.1, 0.15) is 11.4 Å². The number of ether oxygens (including phenoxy) is 1. The van der Waals surface area contributed by atoms with Gasteiger partial charge in [-0.3, -0.25) is 0 Å². The van der Waals surface area contributed by atoms with E-state index in [1.807, 2.05) is 0 Å². The molecule has 1 aromatic carbocycles. The maximum atomic E-state index is 15.8. The van der Waals surface area contributed by atoms with Gasteiger partial charge in [-0.1, -0.05) is 18.2 Å². The number of aromatic nitrogens is 2. The van der Waals surface area contributed by atoms with Gasteiger partial charge in [0, 0.05) is 35.8 Å². The van der Waals surface area contributed by atoms with E-state index < -0.39 is 19.5 Å². The molecular weight excluding hydrogens is 415 g/mol. The molecule has 160 valence electrons. The van der Waals surface area contributed by atoms with E-state index in [0.29, 0.717) is 34.2 Å². The van der Waals surface area contributed by atoms with Gasteiger partial charge in [0.05, 0.1) is 0 Å². The lowest BCUT2D eigenvalue weighted by Gasteiger charge is -2.30. The number of allylic oxidation sites excluding steroid dienone is 2. The van der Waals surface area contributed by atoms with E-state index in [1.165, 1.54) is 0 Å². The smallest absolute Gasteiger partial charge is 0.482 e. The number of fused-ring (bicyclic) bond motifs is 2. The molecule has 9 heteroatoms. The Morgan fingerprint density at radius 3 is 2.66 bits per heavy atom. The zero-order chi connectivity index (χ0) is 22.3. The Morgan fingerprint density at radius 1 is 1.12 bits per heavy atom. The average molecular weight is 433 g/mol. The van der Waals surface area contributed by atoms with Crippen LogP contribution in [0.15, 0.2) is 72.6 Å². The number of rotatable bonds is 6. The van der Waals surface area contributed by atoms with E-state index in [0.717, 1.165) is 14.5 Å². The molecule has 0 spiro atoms. The Kier molecular flexibility index (Phi) is 4.66. The molecule has 0 atom stereocenters. The van der Waals surface area contributed by atoms with Crippen molar-refractivity contribution < 1.29 is 27.8 Å². The number of aliphatic carboxylic acids is 1. The third-order valence-corrected chi connectivity index (χ3v) is 5.41. The predicted molar refractivity (Wildman–Crippen MR) is 119 cm³/mol. The number of nitrogens with one attached hydrogen (secondary N) is 1. The normalized spacial score (nSPS) is 16.2. The zero-order valence-electron chi connectivity index (χ0n) is 16.8. The van der Waals surface area contributed by atoms with Crippen LogP contribution in [0.5, 0.6) is 5.75 Å². The summed E-state index contributed by atoms with van der Waals surface area (Å²) in [6.45, 7) is -4.53. The van der Waals surface area contributed by atoms with Crippen LogP contribution in [-0.2, 0) is 4.79 Å². The first-order chi connectivity index (χ1) is 15.4. The highest BCUT2D eigenvalue weighted by atomic mass is 19.2. The standard InChI is InChI=1S/C23H18BF2N3O3/c25-24(26)28-17(6-3-16-4-10-20(11-5-16)32-15-23(30)31)7-8-18(28)14-19-9-12-22(29(19)24)21-2-1-13-27-21/h1-14,27H,15H2,(H,30,31)/b6-3+. The number of hydrogen-bond donors (Lipinski definition) is 2. The number of carbonyl (C=O) groups is 1. The SMILES string of the molecule is O=C(O)COc1ccc(/C=C/c2ccc3n2[B-](F)(F)[N+]2=C(c4ccc[nH]4)C=CC2=C3)cc1. The van der Waals surface area contributed by atoms with Crippen LogP contribution in [0.2, 0.25) is 0 Å². The molecule has 2 aliphatic heterocycles. The van der Waals surface area contributed by atoms with E-state index in [2.05, 4.69) is 4.98 Å². The van der Waals surface area contributed by atoms with Crippen LogP contribution >= 0.6 is 0 Å². The third kappa shape index (κ3) is 3.37. The minimum Gasteiger partial charge on any atom is -0.482 e. The van der Waals surface area contributed by atoms with Crippen molar-refractivity contribution in [2.75, 3.05) is 6.61 Å². The summed E-state index contributed by atoms with van der Waals surface area (Å²) in [4.78, 5) is 13.6. The Morgan fingerprint density at radius 2 is 1.94 bits per heavy atom. The number of aromatic amines is 1. The van der Waals surface area contributed by atoms with Crippen LogP contribution in [0.3, 0.4) is 0 Å². The zero-order valence-corrected chi connectivity index (χ0v) is 16.8. The van der Waals surface area contributed by atoms with Crippen LogP contribution in [0, 0.1) is 0 Å². The molecule has 5 rings (SSSR count). The number of nitrogens with zero attached hydrogens (tertiary/aromatic N) is 2. The van der Waals surface area contributed by atoms with Crippen molar-refractivity contribution in [3.05, 3.63) is 95.2 Å². The summed E-state index contributed by atoms with van der Waals surface area (Å²) >= 11 is 0. The highest BCUT2D eigenvalue weighted by Crippen LogP contribution is 2.33. The molecule has 0 unspecified atom stereocenters. The van der Waals surface area contributed by atoms with Crippen molar-refractivity contribution in [2.45, 2.75) is 0 Å². The summed E-state index contributed by atoms with van der Waals surface area (Å²) in [6, 6.07) is 13.6. The summed E-state index contributed by atoms with van der Waals surface area (Å²) in [6.07, 6.45) is 10.2. The van der Waals surface area contributed by atoms with Crippen molar-refractivity contribution in [3.63, 3.8) is 0 Å². The molecule has 2 aromatic heterocycles. The van der Waals surface area contributed by atoms with Gasteiger partial charge < -0.3 is 32.4 Å². The fourth-order valence-electron chi connectivity index (χ4n) is 4.00. The molecule has 6 nitrogen and oxygen atoms in total. The molecule has 0 bridgehead atoms. The van der Waals surface area contributed by atoms with Crippen LogP contribution in [0.25, 0.3) is 18.2 Å². The van der Waals surface area contributed by atoms with E-state index in [4.69, 9.17) is 9.84 Å². The van der Waals surface area contributed by atoms with Crippen LogP contribution in [0.4, 0.5) is 8.63 Å². The van der Waals surface area contributed by atoms with Crippen LogP contribution in [0.1, 0.15) is 22.6 Å². The average Bonchev–Trinajstić information content (AvgIpc) is 3.51. The molecule has 2 N–H and O–H groups in total. The highest BCUT2D eigenvalue weighted by molar-refractivity contribution is 6.58. The van der Waals surface area contributed by atoms with E-state index in [9.17, 15) is 4.79 Å². The summed E-state index contributed by atoms with van der Waals surface area (Å²) in [5.74, 6) is -0.636. The molecule has 0 saturated heterocycles. The second-order valence-electron chi connectivity index (χ2n) is 7.47. The van der Waals surface area contributed by atoms with Crippen molar-refractivity contribution in [3.8, 4) is 5.75 Å². The summed E-state index contributed by atoms with van der Waals surface area (Å²) < 4.78 is 38.8. The van der Waals surface area contributed by atoms with Crippen molar-refractivity contribution in [1.29, 1.82) is 0 Å². The first kappa shape index (κ1) is 19.8. The number of H-pyrrole nitrogens is 1. The number of hydrogen-bond acceptors (Lipinski definition) is 2. The minimum atomic E-state index is -4.11. The van der Waals surface area contributed by atoms with Gasteiger partial charge in [-0.25, -0.2) is 4.79 Å². The monoisotopic (exact) mass is 433 g/mol. The second-order valence-corrected chi connectivity index (χ2v) is 7.47. The van der Waals surface area contributed by atoms with E-state index in [1.54, 1.807) is 85.1 Å². The molecule has 0 radical (unpaired) electrons. The van der Waals surface area contributed by atoms with Crippen molar-refractivity contribution in [2.24, 2.45) is 0 Å². The van der Waals surface area contributed by atoms with Crippen LogP contribution < -0.4 is 4.74 Å². The molecule has 0 amide bonds. The molecule has 2 aliphatic rings. The van der Waals surface area contributed by atoms with Gasteiger partial charge in [0.15, 0.2) is 18.0 Å². The third-order valence-electron chi connectivity index (χ3n) is 5.41. The fourth-order valence-corrected chi connectivity index (χ4v) is 4.00. The molecule has 0 saturated carbocycles. The van der Waals surface area contributed by atoms with Gasteiger partial charge in [0.2, 0.25) is 0 Å². The summed E-state index contributed by atoms with van der Waals surface area (Å²) in [5, 5.41) is 8.67. The topological polar surface area (TPSA) is 70.3 Å². The Labute approximate surface area is 182 Å². The summed E-state index contributed by atoms with van der Waals surface area (Å²) in [5.41, 5.74) is 3.10. The first-order valence-electron chi connectivity index (χ1n) is 10.00. The molecule has 3 aromatic rings. The lowest BCUT2D eigenvalue weighted by atomic mass is 9.90. The van der Waals surface area contributed by atoms with Crippen molar-refractivity contribution in [1.82, 2.24) is 9.46 Å². The first-order valence-corrected chi connectivity index (χ1v) is 10.00. The lowest BCUT2D eigenvalue weighted by molar-refractivity contribution is -0.360. The Balaban J connectivity index is 1.46. The van der Waals surface area contributed by atoms with Gasteiger partial charge in [-0.05, 0) is 48.0 Å². The second kappa shape index (κ2) is 7.53. The van der Waals surface area contributed by atoms with E-state index in [-0.39, 0.29) is 0 Å². The van der Waals surface area contributed by atoms with Gasteiger partial charge in [-0.2, -0.15) is 0 Å². The Bertz CT molecular complexity index is 1320. The maximum Gasteiger partial charge on any atom is 0.737 e. The molecule has 4 heterocycles. The predicted octanol–water partition coefficient (Wildman–Crippen LogP) is 4.10. The summed E-state index contributed by atoms with van der Waals surface area (Å²) in [7, 11) is 0. The number of benzene rings is 1. The number of halogens is 2. The molecule has 32 heavy (non-hydrogen) atoms. The molecule has 0 fully saturated rings. The maximum absolute atomic E-state index is 15.8. The van der Waals surface area contributed by atoms with Crippen LogP contribution in [-0.4, -0.2) is 44.3 Å². The quantitative estimate of drug-likeness (QED) is 0.576. The highest BCUT2D eigenvalue weighted by Gasteiger charge is 2.52. The number of carboxylic acid groups (broad SMARTS) is 1. The molecule has 0 aliphatic carbocycles. The Hall–Kier alpha value is -4.14.